The summed E-state index contributed by atoms with van der Waals surface area (Å²) in [5.41, 5.74) is 2.81. The van der Waals surface area contributed by atoms with Gasteiger partial charge in [-0.2, -0.15) is 0 Å². The minimum absolute atomic E-state index is 0.0218. The second-order valence-electron chi connectivity index (χ2n) is 22.1. The van der Waals surface area contributed by atoms with Gasteiger partial charge in [-0.3, -0.25) is 24.0 Å². The van der Waals surface area contributed by atoms with Gasteiger partial charge in [0.25, 0.3) is 0 Å². The normalized spacial score (nSPS) is 25.7. The molecule has 3 saturated heterocycles. The number of hydrogen-bond donors (Lipinski definition) is 1. The number of rotatable bonds is 22. The van der Waals surface area contributed by atoms with Crippen molar-refractivity contribution in [2.75, 3.05) is 19.8 Å². The molecule has 26 heteroatoms. The molecule has 0 bridgehead atoms. The third-order valence-electron chi connectivity index (χ3n) is 14.7. The van der Waals surface area contributed by atoms with E-state index in [4.69, 9.17) is 71.1 Å². The van der Waals surface area contributed by atoms with Gasteiger partial charge < -0.3 is 76.2 Å². The molecule has 0 aromatic heterocycles. The smallest absolute Gasteiger partial charge is 0.338 e. The predicted molar refractivity (Wildman–Crippen MR) is 316 cm³/mol. The number of ether oxygens (including phenoxy) is 15. The highest BCUT2D eigenvalue weighted by atomic mass is 16.8. The Kier molecular flexibility index (Phi) is 23.7. The molecule has 5 aromatic rings. The van der Waals surface area contributed by atoms with Crippen molar-refractivity contribution in [3.8, 4) is 0 Å². The van der Waals surface area contributed by atoms with Crippen LogP contribution in [0.15, 0.2) is 127 Å². The molecule has 93 heavy (non-hydrogen) atoms. The van der Waals surface area contributed by atoms with E-state index in [2.05, 4.69) is 0 Å². The first-order chi connectivity index (χ1) is 44.3. The molecule has 0 radical (unpaired) electrons. The number of esters is 10. The van der Waals surface area contributed by atoms with Crippen LogP contribution in [0.4, 0.5) is 0 Å². The van der Waals surface area contributed by atoms with Crippen LogP contribution in [-0.4, -0.2) is 177 Å². The molecule has 0 aliphatic carbocycles. The molecule has 0 spiro atoms. The van der Waals surface area contributed by atoms with Gasteiger partial charge in [0.15, 0.2) is 61.6 Å². The lowest BCUT2D eigenvalue weighted by Crippen LogP contribution is -2.69. The summed E-state index contributed by atoms with van der Waals surface area (Å²) in [7, 11) is 0. The van der Waals surface area contributed by atoms with Crippen molar-refractivity contribution in [2.45, 2.75) is 154 Å². The molecule has 0 amide bonds. The fourth-order valence-electron chi connectivity index (χ4n) is 10.1. The minimum Gasteiger partial charge on any atom is -0.463 e. The predicted octanol–water partition coefficient (Wildman–Crippen LogP) is 5.84. The zero-order valence-corrected chi connectivity index (χ0v) is 52.1. The lowest BCUT2D eigenvalue weighted by atomic mass is 9.95. The standard InChI is InChI=1S/C67H70O26/c1-34-15-23-44(24-16-34)60(73)81-33-50-52(88-62(75)45-25-17-35(2)18-26-45)56(89-63(76)46-27-19-36(3)20-28-46)59(91-64(77)47-29-21-37(4)22-30-47)67(87-50)93-54-53(48(31-79-38(5)68)85-65(78)57(54)90-61(74)43-13-11-10-12-14-43)92-66-58(84-42(9)72)55(83-41(8)71)51(82-40(7)70)49(86-66)32-80-39(6)69/h10-30,48-59,65-67,78H,31-33H2,1-9H3/t48-,49-,50-,51-,52-,53-,54+,55+,56+,57-,58-,59-,65+,66+,67+/m1/s1. The molecular formula is C67H70O26. The largest absolute Gasteiger partial charge is 0.463 e. The van der Waals surface area contributed by atoms with Gasteiger partial charge in [0.1, 0.15) is 50.3 Å². The third-order valence-corrected chi connectivity index (χ3v) is 14.7. The van der Waals surface area contributed by atoms with Crippen molar-refractivity contribution in [1.29, 1.82) is 0 Å². The van der Waals surface area contributed by atoms with Crippen molar-refractivity contribution in [2.24, 2.45) is 0 Å². The van der Waals surface area contributed by atoms with Gasteiger partial charge in [0, 0.05) is 34.6 Å². The van der Waals surface area contributed by atoms with Crippen molar-refractivity contribution in [3.05, 3.63) is 177 Å². The molecule has 1 N–H and O–H groups in total. The van der Waals surface area contributed by atoms with E-state index < -0.39 is 172 Å². The molecule has 3 heterocycles. The van der Waals surface area contributed by atoms with Crippen LogP contribution in [0, 0.1) is 27.7 Å². The Hall–Kier alpha value is -9.44. The molecule has 26 nitrogen and oxygen atoms in total. The monoisotopic (exact) mass is 1290 g/mol. The van der Waals surface area contributed by atoms with Crippen LogP contribution >= 0.6 is 0 Å². The Morgan fingerprint density at radius 1 is 0.312 bits per heavy atom. The van der Waals surface area contributed by atoms with Crippen LogP contribution in [-0.2, 0) is 95.0 Å². The molecule has 494 valence electrons. The topological polar surface area (TPSA) is 329 Å². The Morgan fingerprint density at radius 2 is 0.613 bits per heavy atom. The quantitative estimate of drug-likeness (QED) is 0.0628. The number of aliphatic hydroxyl groups is 1. The number of hydrogen-bond acceptors (Lipinski definition) is 26. The van der Waals surface area contributed by atoms with Crippen molar-refractivity contribution in [3.63, 3.8) is 0 Å². The van der Waals surface area contributed by atoms with Crippen LogP contribution in [0.5, 0.6) is 0 Å². The van der Waals surface area contributed by atoms with Gasteiger partial charge in [-0.05, 0) is 88.4 Å². The van der Waals surface area contributed by atoms with E-state index in [0.717, 1.165) is 56.9 Å². The fourth-order valence-corrected chi connectivity index (χ4v) is 10.1. The highest BCUT2D eigenvalue weighted by molar-refractivity contribution is 5.92. The maximum atomic E-state index is 14.8. The Morgan fingerprint density at radius 3 is 1.03 bits per heavy atom. The zero-order chi connectivity index (χ0) is 67.2. The lowest BCUT2D eigenvalue weighted by molar-refractivity contribution is -0.382. The van der Waals surface area contributed by atoms with Crippen LogP contribution in [0.25, 0.3) is 0 Å². The average molecular weight is 1290 g/mol. The van der Waals surface area contributed by atoms with Crippen LogP contribution in [0.1, 0.15) is 109 Å². The highest BCUT2D eigenvalue weighted by Crippen LogP contribution is 2.39. The SMILES string of the molecule is CC(=O)OC[C@H]1O[C@H](O)[C@H](OC(=O)c2ccccc2)[C@@H](O[C@@H]2O[C@H](COC(=O)c3ccc(C)cc3)[C@@H](OC(=O)c3ccc(C)cc3)[C@H](OC(=O)c3ccc(C)cc3)[C@H]2OC(=O)c2ccc(C)cc2)[C@@H]1O[C@@H]1O[C@H](COC(C)=O)[C@@H](OC(C)=O)[C@H](OC(C)=O)[C@H]1OC(C)=O. The minimum atomic E-state index is -2.32. The van der Waals surface area contributed by atoms with E-state index in [-0.39, 0.29) is 27.8 Å². The lowest BCUT2D eigenvalue weighted by Gasteiger charge is -2.50. The van der Waals surface area contributed by atoms with Crippen molar-refractivity contribution < 1.29 is 124 Å². The summed E-state index contributed by atoms with van der Waals surface area (Å²) in [6.45, 7) is 9.64. The fraction of sp³-hybridized carbons (Fsp3) is 0.403. The number of benzene rings is 5. The van der Waals surface area contributed by atoms with Crippen molar-refractivity contribution in [1.82, 2.24) is 0 Å². The molecule has 8 rings (SSSR count). The first-order valence-electron chi connectivity index (χ1n) is 29.4. The highest BCUT2D eigenvalue weighted by Gasteiger charge is 2.60. The molecule has 5 aromatic carbocycles. The van der Waals surface area contributed by atoms with Gasteiger partial charge in [0.05, 0.1) is 27.8 Å². The first kappa shape index (κ1) is 69.4. The Labute approximate surface area is 533 Å². The number of aryl methyl sites for hydroxylation is 4. The van der Waals surface area contributed by atoms with Gasteiger partial charge in [-0.25, -0.2) is 24.0 Å². The molecule has 0 unspecified atom stereocenters. The molecule has 0 saturated carbocycles. The van der Waals surface area contributed by atoms with Crippen LogP contribution < -0.4 is 0 Å². The Balaban J connectivity index is 1.35. The molecule has 3 aliphatic rings. The molecule has 3 fully saturated rings. The average Bonchev–Trinajstić information content (AvgIpc) is 0.796. The first-order valence-corrected chi connectivity index (χ1v) is 29.4. The van der Waals surface area contributed by atoms with Gasteiger partial charge >= 0.3 is 59.7 Å². The van der Waals surface area contributed by atoms with E-state index in [1.54, 1.807) is 82.3 Å². The van der Waals surface area contributed by atoms with E-state index in [1.807, 2.05) is 0 Å². The second-order valence-corrected chi connectivity index (χ2v) is 22.1. The second kappa shape index (κ2) is 31.7. The van der Waals surface area contributed by atoms with Gasteiger partial charge in [-0.15, -0.1) is 0 Å². The Bertz CT molecular complexity index is 3460. The molecule has 3 aliphatic heterocycles. The molecule has 15 atom stereocenters. The van der Waals surface area contributed by atoms with E-state index >= 15 is 0 Å². The zero-order valence-electron chi connectivity index (χ0n) is 52.1. The van der Waals surface area contributed by atoms with E-state index in [9.17, 15) is 53.1 Å². The number of carbonyl (C=O) groups excluding carboxylic acids is 10. The van der Waals surface area contributed by atoms with Gasteiger partial charge in [-0.1, -0.05) is 89.0 Å². The summed E-state index contributed by atoms with van der Waals surface area (Å²) in [5, 5.41) is 12.3. The van der Waals surface area contributed by atoms with Crippen LogP contribution in [0.3, 0.4) is 0 Å². The van der Waals surface area contributed by atoms with E-state index in [0.29, 0.717) is 0 Å². The maximum Gasteiger partial charge on any atom is 0.338 e. The van der Waals surface area contributed by atoms with Crippen LogP contribution in [0.2, 0.25) is 0 Å². The number of carbonyl (C=O) groups is 10. The summed E-state index contributed by atoms with van der Waals surface area (Å²) in [6, 6.07) is 31.8. The third kappa shape index (κ3) is 18.6. The maximum absolute atomic E-state index is 14.8. The number of aliphatic hydroxyl groups excluding tert-OH is 1. The summed E-state index contributed by atoms with van der Waals surface area (Å²) < 4.78 is 91.7. The van der Waals surface area contributed by atoms with Crippen molar-refractivity contribution >= 4 is 59.7 Å². The van der Waals surface area contributed by atoms with Gasteiger partial charge in [0.2, 0.25) is 0 Å². The van der Waals surface area contributed by atoms with E-state index in [1.165, 1.54) is 72.8 Å². The summed E-state index contributed by atoms with van der Waals surface area (Å²) >= 11 is 0. The summed E-state index contributed by atoms with van der Waals surface area (Å²) in [5.74, 6) is -10.1. The summed E-state index contributed by atoms with van der Waals surface area (Å²) in [6.07, 6.45) is -30.2. The summed E-state index contributed by atoms with van der Waals surface area (Å²) in [4.78, 5) is 137. The molecular weight excluding hydrogens is 1220 g/mol.